The molecule has 0 spiro atoms. The van der Waals surface area contributed by atoms with Crippen molar-refractivity contribution in [1.82, 2.24) is 19.7 Å². The molecule has 46 heavy (non-hydrogen) atoms. The van der Waals surface area contributed by atoms with Crippen molar-refractivity contribution in [2.24, 2.45) is 0 Å². The summed E-state index contributed by atoms with van der Waals surface area (Å²) < 4.78 is 6.91. The van der Waals surface area contributed by atoms with Crippen LogP contribution >= 0.6 is 0 Å². The number of carboxylic acids is 1. The largest absolute Gasteiger partial charge is 0.478 e. The van der Waals surface area contributed by atoms with E-state index in [-0.39, 0.29) is 24.3 Å². The zero-order valence-electron chi connectivity index (χ0n) is 26.5. The fourth-order valence-corrected chi connectivity index (χ4v) is 7.11. The number of anilines is 1. The number of carboxylic acid groups (broad SMARTS) is 1. The van der Waals surface area contributed by atoms with Gasteiger partial charge in [0, 0.05) is 30.5 Å². The monoisotopic (exact) mass is 619 g/mol. The number of pyridine rings is 1. The van der Waals surface area contributed by atoms with Crippen molar-refractivity contribution in [3.63, 3.8) is 0 Å². The number of aromatic carboxylic acids is 1. The highest BCUT2D eigenvalue weighted by Crippen LogP contribution is 2.42. The Kier molecular flexibility index (Phi) is 9.19. The average molecular weight is 620 g/mol. The zero-order chi connectivity index (χ0) is 32.2. The van der Waals surface area contributed by atoms with E-state index in [1.165, 1.54) is 28.5 Å². The van der Waals surface area contributed by atoms with Crippen LogP contribution in [-0.2, 0) is 24.0 Å². The molecule has 0 saturated carbocycles. The van der Waals surface area contributed by atoms with Crippen molar-refractivity contribution < 1.29 is 19.4 Å². The normalized spacial score (nSPS) is 16.2. The molecule has 9 heteroatoms. The summed E-state index contributed by atoms with van der Waals surface area (Å²) in [4.78, 5) is 30.7. The number of rotatable bonds is 10. The van der Waals surface area contributed by atoms with Crippen molar-refractivity contribution >= 4 is 17.7 Å². The molecule has 1 fully saturated rings. The SMILES string of the molecule is C=CCOC(=O)N1CCC(c2ccc(NC3CCc4cccc(-c5cccnc5-n5ncc(C(=O)O)c5CC)c43)cc2CC)CC1. The first-order valence-corrected chi connectivity index (χ1v) is 16.2. The van der Waals surface area contributed by atoms with E-state index in [9.17, 15) is 14.7 Å². The Morgan fingerprint density at radius 1 is 1.07 bits per heavy atom. The van der Waals surface area contributed by atoms with E-state index >= 15 is 0 Å². The van der Waals surface area contributed by atoms with Crippen LogP contribution in [0.3, 0.4) is 0 Å². The van der Waals surface area contributed by atoms with Gasteiger partial charge in [0.05, 0.1) is 17.9 Å². The minimum absolute atomic E-state index is 0.109. The molecule has 2 N–H and O–H groups in total. The van der Waals surface area contributed by atoms with Gasteiger partial charge in [-0.2, -0.15) is 5.10 Å². The van der Waals surface area contributed by atoms with Crippen LogP contribution in [0.5, 0.6) is 0 Å². The first kappa shape index (κ1) is 31.1. The second-order valence-electron chi connectivity index (χ2n) is 12.0. The van der Waals surface area contributed by atoms with Crippen LogP contribution in [-0.4, -0.2) is 56.5 Å². The van der Waals surface area contributed by atoms with Crippen LogP contribution < -0.4 is 5.32 Å². The molecule has 9 nitrogen and oxygen atoms in total. The second-order valence-corrected chi connectivity index (χ2v) is 12.0. The van der Waals surface area contributed by atoms with Crippen LogP contribution in [0.4, 0.5) is 10.5 Å². The van der Waals surface area contributed by atoms with E-state index in [2.05, 4.69) is 60.3 Å². The van der Waals surface area contributed by atoms with E-state index < -0.39 is 5.97 Å². The molecule has 2 aromatic carbocycles. The molecule has 1 unspecified atom stereocenters. The molecule has 2 aliphatic rings. The molecular formula is C37H41N5O4. The maximum absolute atomic E-state index is 12.3. The maximum atomic E-state index is 12.3. The Hall–Kier alpha value is -4.92. The van der Waals surface area contributed by atoms with Crippen molar-refractivity contribution in [3.8, 4) is 16.9 Å². The minimum atomic E-state index is -0.989. The summed E-state index contributed by atoms with van der Waals surface area (Å²) in [5.74, 6) is 0.0491. The van der Waals surface area contributed by atoms with Gasteiger partial charge in [-0.05, 0) is 96.5 Å². The molecule has 3 heterocycles. The predicted octanol–water partition coefficient (Wildman–Crippen LogP) is 7.36. The Bertz CT molecular complexity index is 1750. The number of ether oxygens (including phenoxy) is 1. The average Bonchev–Trinajstić information content (AvgIpc) is 3.72. The number of likely N-dealkylation sites (tertiary alicyclic amines) is 1. The van der Waals surface area contributed by atoms with E-state index in [0.29, 0.717) is 36.9 Å². The molecule has 0 radical (unpaired) electrons. The van der Waals surface area contributed by atoms with Gasteiger partial charge in [0.25, 0.3) is 0 Å². The van der Waals surface area contributed by atoms with Crippen LogP contribution in [0, 0.1) is 0 Å². The molecule has 6 rings (SSSR count). The van der Waals surface area contributed by atoms with Crippen molar-refractivity contribution in [2.45, 2.75) is 64.3 Å². The summed E-state index contributed by atoms with van der Waals surface area (Å²) in [7, 11) is 0. The molecule has 2 aromatic heterocycles. The standard InChI is InChI=1S/C37H41N5O4/c1-4-21-46-37(45)41-19-16-25(17-20-41)28-14-13-27(22-24(28)5-2)40-32-15-12-26-9-7-10-29(34(26)32)30-11-8-18-38-35(30)42-33(6-3)31(23-39-42)36(43)44/h4,7-11,13-14,18,22-23,25,32,40H,1,5-6,12,15-17,19-21H2,2-3H3,(H,43,44). The summed E-state index contributed by atoms with van der Waals surface area (Å²) in [6.45, 7) is 9.38. The summed E-state index contributed by atoms with van der Waals surface area (Å²) in [6, 6.07) is 17.2. The lowest BCUT2D eigenvalue weighted by atomic mass is 9.85. The van der Waals surface area contributed by atoms with Gasteiger partial charge in [-0.15, -0.1) is 0 Å². The molecule has 238 valence electrons. The number of hydrogen-bond donors (Lipinski definition) is 2. The number of amides is 1. The number of fused-ring (bicyclic) bond motifs is 1. The highest BCUT2D eigenvalue weighted by atomic mass is 16.6. The van der Waals surface area contributed by atoms with E-state index in [1.54, 1.807) is 21.9 Å². The van der Waals surface area contributed by atoms with E-state index in [1.807, 2.05) is 19.1 Å². The first-order chi connectivity index (χ1) is 22.4. The Labute approximate surface area is 269 Å². The smallest absolute Gasteiger partial charge is 0.410 e. The maximum Gasteiger partial charge on any atom is 0.410 e. The molecule has 1 aliphatic carbocycles. The van der Waals surface area contributed by atoms with Gasteiger partial charge in [0.2, 0.25) is 0 Å². The van der Waals surface area contributed by atoms with Crippen LogP contribution in [0.15, 0.2) is 73.6 Å². The van der Waals surface area contributed by atoms with Crippen LogP contribution in [0.1, 0.15) is 83.4 Å². The number of carbonyl (C=O) groups excluding carboxylic acids is 1. The molecule has 0 bridgehead atoms. The summed E-state index contributed by atoms with van der Waals surface area (Å²) >= 11 is 0. The lowest BCUT2D eigenvalue weighted by Crippen LogP contribution is -2.38. The lowest BCUT2D eigenvalue weighted by molar-refractivity contribution is 0.0695. The fraction of sp³-hybridized carbons (Fsp3) is 0.351. The van der Waals surface area contributed by atoms with Gasteiger partial charge in [0.1, 0.15) is 12.2 Å². The van der Waals surface area contributed by atoms with Gasteiger partial charge < -0.3 is 20.1 Å². The number of aryl methyl sites for hydroxylation is 2. The zero-order valence-corrected chi connectivity index (χ0v) is 26.5. The lowest BCUT2D eigenvalue weighted by Gasteiger charge is -2.32. The molecule has 1 atom stereocenters. The number of benzene rings is 2. The van der Waals surface area contributed by atoms with Gasteiger partial charge in [-0.1, -0.05) is 50.8 Å². The van der Waals surface area contributed by atoms with Crippen LogP contribution in [0.2, 0.25) is 0 Å². The van der Waals surface area contributed by atoms with Crippen molar-refractivity contribution in [2.75, 3.05) is 25.0 Å². The fourth-order valence-electron chi connectivity index (χ4n) is 7.11. The Balaban J connectivity index is 1.26. The molecular weight excluding hydrogens is 578 g/mol. The van der Waals surface area contributed by atoms with Gasteiger partial charge in [-0.3, -0.25) is 0 Å². The third-order valence-corrected chi connectivity index (χ3v) is 9.34. The predicted molar refractivity (Wildman–Crippen MR) is 179 cm³/mol. The van der Waals surface area contributed by atoms with Gasteiger partial charge >= 0.3 is 12.1 Å². The third-order valence-electron chi connectivity index (χ3n) is 9.34. The summed E-state index contributed by atoms with van der Waals surface area (Å²) in [6.07, 6.45) is 9.69. The molecule has 1 saturated heterocycles. The van der Waals surface area contributed by atoms with Crippen LogP contribution in [0.25, 0.3) is 16.9 Å². The van der Waals surface area contributed by atoms with Gasteiger partial charge in [-0.25, -0.2) is 19.3 Å². The van der Waals surface area contributed by atoms with Crippen molar-refractivity contribution in [3.05, 3.63) is 107 Å². The quantitative estimate of drug-likeness (QED) is 0.179. The second kappa shape index (κ2) is 13.6. The van der Waals surface area contributed by atoms with E-state index in [0.717, 1.165) is 48.9 Å². The third kappa shape index (κ3) is 6.01. The number of hydrogen-bond acceptors (Lipinski definition) is 6. The number of nitrogens with zero attached hydrogens (tertiary/aromatic N) is 4. The molecule has 1 amide bonds. The minimum Gasteiger partial charge on any atom is -0.478 e. The number of nitrogens with one attached hydrogen (secondary N) is 1. The number of carbonyl (C=O) groups is 2. The molecule has 4 aromatic rings. The van der Waals surface area contributed by atoms with Crippen molar-refractivity contribution in [1.29, 1.82) is 0 Å². The highest BCUT2D eigenvalue weighted by Gasteiger charge is 2.29. The first-order valence-electron chi connectivity index (χ1n) is 16.2. The summed E-state index contributed by atoms with van der Waals surface area (Å²) in [5, 5.41) is 18.0. The summed E-state index contributed by atoms with van der Waals surface area (Å²) in [5.41, 5.74) is 9.17. The number of piperidine rings is 1. The number of aromatic nitrogens is 3. The Morgan fingerprint density at radius 2 is 1.87 bits per heavy atom. The van der Waals surface area contributed by atoms with Gasteiger partial charge in [0.15, 0.2) is 5.82 Å². The molecule has 1 aliphatic heterocycles. The van der Waals surface area contributed by atoms with E-state index in [4.69, 9.17) is 9.72 Å². The highest BCUT2D eigenvalue weighted by molar-refractivity contribution is 5.89. The topological polar surface area (TPSA) is 110 Å². The Morgan fingerprint density at radius 3 is 2.61 bits per heavy atom.